The lowest BCUT2D eigenvalue weighted by Gasteiger charge is -2.12. The van der Waals surface area contributed by atoms with Crippen molar-refractivity contribution in [3.63, 3.8) is 0 Å². The zero-order chi connectivity index (χ0) is 14.1. The molecule has 0 fully saturated rings. The predicted molar refractivity (Wildman–Crippen MR) is 64.6 cm³/mol. The summed E-state index contributed by atoms with van der Waals surface area (Å²) in [5, 5.41) is 0. The number of alkyl halides is 3. The third-order valence-electron chi connectivity index (χ3n) is 1.90. The Hall–Kier alpha value is -0.600. The molecule has 1 aromatic carbocycles. The summed E-state index contributed by atoms with van der Waals surface area (Å²) >= 11 is 2.87. The number of rotatable bonds is 3. The quantitative estimate of drug-likeness (QED) is 0.914. The van der Waals surface area contributed by atoms with Crippen LogP contribution in [0.25, 0.3) is 0 Å². The fourth-order valence-electron chi connectivity index (χ4n) is 1.26. The van der Waals surface area contributed by atoms with E-state index in [2.05, 4.69) is 20.7 Å². The number of hydrogen-bond donors (Lipinski definition) is 1. The first-order chi connectivity index (χ1) is 8.02. The standard InChI is InChI=1S/C10H11BrF3NO2S/c1-6(2)15-18(16,17)9-4-7(10(12,13)14)3-8(11)5-9/h3-6,15H,1-2H3. The first-order valence-electron chi connectivity index (χ1n) is 4.92. The van der Waals surface area contributed by atoms with Gasteiger partial charge in [0.15, 0.2) is 0 Å². The van der Waals surface area contributed by atoms with Gasteiger partial charge in [-0.2, -0.15) is 13.2 Å². The number of halogens is 4. The molecule has 1 aromatic rings. The molecule has 1 N–H and O–H groups in total. The van der Waals surface area contributed by atoms with Gasteiger partial charge in [-0.05, 0) is 32.0 Å². The summed E-state index contributed by atoms with van der Waals surface area (Å²) < 4.78 is 63.5. The number of benzene rings is 1. The van der Waals surface area contributed by atoms with Crippen LogP contribution in [0.15, 0.2) is 27.6 Å². The average Bonchev–Trinajstić information content (AvgIpc) is 2.13. The van der Waals surface area contributed by atoms with E-state index in [0.29, 0.717) is 6.07 Å². The van der Waals surface area contributed by atoms with Gasteiger partial charge < -0.3 is 0 Å². The fourth-order valence-corrected chi connectivity index (χ4v) is 3.23. The summed E-state index contributed by atoms with van der Waals surface area (Å²) in [5.74, 6) is 0. The van der Waals surface area contributed by atoms with Crippen molar-refractivity contribution in [3.05, 3.63) is 28.2 Å². The van der Waals surface area contributed by atoms with Crippen LogP contribution in [0.3, 0.4) is 0 Å². The normalized spacial score (nSPS) is 13.1. The molecule has 0 saturated carbocycles. The van der Waals surface area contributed by atoms with Gasteiger partial charge in [0.1, 0.15) is 0 Å². The van der Waals surface area contributed by atoms with Crippen molar-refractivity contribution < 1.29 is 21.6 Å². The SMILES string of the molecule is CC(C)NS(=O)(=O)c1cc(Br)cc(C(F)(F)F)c1. The van der Waals surface area contributed by atoms with Gasteiger partial charge in [0.25, 0.3) is 0 Å². The molecule has 0 aliphatic carbocycles. The molecule has 0 spiro atoms. The number of hydrogen-bond acceptors (Lipinski definition) is 2. The van der Waals surface area contributed by atoms with Crippen molar-refractivity contribution in [2.75, 3.05) is 0 Å². The minimum Gasteiger partial charge on any atom is -0.209 e. The van der Waals surface area contributed by atoms with Crippen LogP contribution in [0.4, 0.5) is 13.2 Å². The lowest BCUT2D eigenvalue weighted by Crippen LogP contribution is -2.30. The zero-order valence-corrected chi connectivity index (χ0v) is 11.9. The van der Waals surface area contributed by atoms with Crippen LogP contribution in [-0.4, -0.2) is 14.5 Å². The van der Waals surface area contributed by atoms with Gasteiger partial charge in [0, 0.05) is 10.5 Å². The molecule has 0 heterocycles. The van der Waals surface area contributed by atoms with Gasteiger partial charge in [0.2, 0.25) is 10.0 Å². The van der Waals surface area contributed by atoms with Crippen molar-refractivity contribution in [1.82, 2.24) is 4.72 Å². The highest BCUT2D eigenvalue weighted by Crippen LogP contribution is 2.33. The Morgan fingerprint density at radius 1 is 1.22 bits per heavy atom. The molecule has 0 aliphatic heterocycles. The second-order valence-corrected chi connectivity index (χ2v) is 6.58. The molecule has 102 valence electrons. The van der Waals surface area contributed by atoms with Gasteiger partial charge in [-0.25, -0.2) is 13.1 Å². The first-order valence-corrected chi connectivity index (χ1v) is 7.20. The highest BCUT2D eigenvalue weighted by atomic mass is 79.9. The summed E-state index contributed by atoms with van der Waals surface area (Å²) in [6.07, 6.45) is -4.59. The predicted octanol–water partition coefficient (Wildman–Crippen LogP) is 3.15. The third kappa shape index (κ3) is 3.96. The van der Waals surface area contributed by atoms with Gasteiger partial charge in [-0.3, -0.25) is 0 Å². The smallest absolute Gasteiger partial charge is 0.209 e. The Morgan fingerprint density at radius 3 is 2.22 bits per heavy atom. The van der Waals surface area contributed by atoms with E-state index in [1.165, 1.54) is 0 Å². The van der Waals surface area contributed by atoms with Crippen LogP contribution in [0.5, 0.6) is 0 Å². The van der Waals surface area contributed by atoms with Crippen LogP contribution in [0, 0.1) is 0 Å². The summed E-state index contributed by atoms with van der Waals surface area (Å²) in [7, 11) is -3.94. The summed E-state index contributed by atoms with van der Waals surface area (Å²) in [4.78, 5) is -0.419. The Balaban J connectivity index is 3.31. The van der Waals surface area contributed by atoms with Crippen LogP contribution in [0.2, 0.25) is 0 Å². The Kier molecular flexibility index (Phi) is 4.45. The van der Waals surface area contributed by atoms with Crippen LogP contribution in [0.1, 0.15) is 19.4 Å². The summed E-state index contributed by atoms with van der Waals surface area (Å²) in [6, 6.07) is 2.16. The molecule has 18 heavy (non-hydrogen) atoms. The Bertz CT molecular complexity index is 541. The van der Waals surface area contributed by atoms with Crippen molar-refractivity contribution in [3.8, 4) is 0 Å². The first kappa shape index (κ1) is 15.5. The minimum atomic E-state index is -4.59. The maximum atomic E-state index is 12.6. The molecular weight excluding hydrogens is 335 g/mol. The van der Waals surface area contributed by atoms with Crippen LogP contribution < -0.4 is 4.72 Å². The van der Waals surface area contributed by atoms with E-state index < -0.39 is 32.7 Å². The molecule has 0 bridgehead atoms. The van der Waals surface area contributed by atoms with E-state index in [1.807, 2.05) is 0 Å². The monoisotopic (exact) mass is 345 g/mol. The van der Waals surface area contributed by atoms with Crippen LogP contribution >= 0.6 is 15.9 Å². The average molecular weight is 346 g/mol. The number of nitrogens with one attached hydrogen (secondary N) is 1. The summed E-state index contributed by atoms with van der Waals surface area (Å²) in [5.41, 5.74) is -1.01. The third-order valence-corrected chi connectivity index (χ3v) is 4.00. The summed E-state index contributed by atoms with van der Waals surface area (Å²) in [6.45, 7) is 3.17. The molecule has 0 amide bonds. The van der Waals surface area contributed by atoms with Crippen molar-refractivity contribution in [2.45, 2.75) is 31.0 Å². The topological polar surface area (TPSA) is 46.2 Å². The molecule has 0 atom stereocenters. The van der Waals surface area contributed by atoms with E-state index in [4.69, 9.17) is 0 Å². The van der Waals surface area contributed by atoms with Gasteiger partial charge >= 0.3 is 6.18 Å². The molecule has 0 aliphatic rings. The van der Waals surface area contributed by atoms with Gasteiger partial charge in [-0.1, -0.05) is 15.9 Å². The van der Waals surface area contributed by atoms with E-state index in [9.17, 15) is 21.6 Å². The van der Waals surface area contributed by atoms with Crippen molar-refractivity contribution in [1.29, 1.82) is 0 Å². The Labute approximate surface area is 112 Å². The lowest BCUT2D eigenvalue weighted by molar-refractivity contribution is -0.137. The minimum absolute atomic E-state index is 0.0569. The van der Waals surface area contributed by atoms with Crippen LogP contribution in [-0.2, 0) is 16.2 Å². The van der Waals surface area contributed by atoms with Gasteiger partial charge in [-0.15, -0.1) is 0 Å². The highest BCUT2D eigenvalue weighted by Gasteiger charge is 2.32. The fraction of sp³-hybridized carbons (Fsp3) is 0.400. The lowest BCUT2D eigenvalue weighted by atomic mass is 10.2. The highest BCUT2D eigenvalue weighted by molar-refractivity contribution is 9.10. The molecule has 0 radical (unpaired) electrons. The zero-order valence-electron chi connectivity index (χ0n) is 9.55. The maximum Gasteiger partial charge on any atom is 0.416 e. The number of sulfonamides is 1. The van der Waals surface area contributed by atoms with E-state index in [-0.39, 0.29) is 4.47 Å². The van der Waals surface area contributed by atoms with E-state index >= 15 is 0 Å². The van der Waals surface area contributed by atoms with E-state index in [0.717, 1.165) is 12.1 Å². The molecular formula is C10H11BrF3NO2S. The van der Waals surface area contributed by atoms with Crippen molar-refractivity contribution in [2.24, 2.45) is 0 Å². The maximum absolute atomic E-state index is 12.6. The Morgan fingerprint density at radius 2 is 1.78 bits per heavy atom. The molecule has 8 heteroatoms. The molecule has 1 rings (SSSR count). The largest absolute Gasteiger partial charge is 0.416 e. The molecule has 0 unspecified atom stereocenters. The molecule has 3 nitrogen and oxygen atoms in total. The second-order valence-electron chi connectivity index (χ2n) is 3.95. The van der Waals surface area contributed by atoms with E-state index in [1.54, 1.807) is 13.8 Å². The van der Waals surface area contributed by atoms with Crippen molar-refractivity contribution >= 4 is 26.0 Å². The molecule has 0 saturated heterocycles. The second kappa shape index (κ2) is 5.18. The molecule has 0 aromatic heterocycles. The van der Waals surface area contributed by atoms with Gasteiger partial charge in [0.05, 0.1) is 10.5 Å².